The molecule has 3 aromatic rings. The van der Waals surface area contributed by atoms with Gasteiger partial charge in [0.05, 0.1) is 37.5 Å². The lowest BCUT2D eigenvalue weighted by atomic mass is 10.4. The summed E-state index contributed by atoms with van der Waals surface area (Å²) in [5.41, 5.74) is 0.491. The molecule has 0 radical (unpaired) electrons. The summed E-state index contributed by atoms with van der Waals surface area (Å²) in [5, 5.41) is 18.7. The molecule has 122 valence electrons. The van der Waals surface area contributed by atoms with Gasteiger partial charge in [-0.2, -0.15) is 5.10 Å². The van der Waals surface area contributed by atoms with Gasteiger partial charge < -0.3 is 5.32 Å². The lowest BCUT2D eigenvalue weighted by molar-refractivity contribution is -0.385. The molecular formula is C13H7BrCl2N6O2. The van der Waals surface area contributed by atoms with Crippen molar-refractivity contribution in [1.29, 1.82) is 0 Å². The van der Waals surface area contributed by atoms with Crippen molar-refractivity contribution >= 4 is 56.3 Å². The Kier molecular flexibility index (Phi) is 4.65. The highest BCUT2D eigenvalue weighted by atomic mass is 79.9. The van der Waals surface area contributed by atoms with Gasteiger partial charge >= 0.3 is 0 Å². The fraction of sp³-hybridized carbons (Fsp3) is 0. The number of aromatic nitrogens is 4. The first kappa shape index (κ1) is 16.6. The molecule has 0 saturated heterocycles. The van der Waals surface area contributed by atoms with Crippen molar-refractivity contribution in [2.45, 2.75) is 0 Å². The average Bonchev–Trinajstić information content (AvgIpc) is 2.97. The number of nitrogens with one attached hydrogen (secondary N) is 1. The first-order valence-electron chi connectivity index (χ1n) is 6.37. The minimum Gasteiger partial charge on any atom is -0.337 e. The molecule has 0 fully saturated rings. The summed E-state index contributed by atoms with van der Waals surface area (Å²) < 4.78 is 1.92. The molecule has 1 N–H and O–H groups in total. The number of nitro groups is 1. The maximum absolute atomic E-state index is 10.7. The van der Waals surface area contributed by atoms with Gasteiger partial charge in [0, 0.05) is 12.3 Å². The second-order valence-corrected chi connectivity index (χ2v) is 6.24. The zero-order valence-corrected chi connectivity index (χ0v) is 14.7. The number of pyridine rings is 2. The molecule has 0 atom stereocenters. The zero-order valence-electron chi connectivity index (χ0n) is 11.7. The summed E-state index contributed by atoms with van der Waals surface area (Å²) in [6.45, 7) is 0. The Labute approximate surface area is 153 Å². The van der Waals surface area contributed by atoms with Crippen LogP contribution in [-0.4, -0.2) is 24.7 Å². The molecule has 0 aliphatic rings. The molecule has 0 aliphatic carbocycles. The number of rotatable bonds is 4. The van der Waals surface area contributed by atoms with E-state index in [0.717, 1.165) is 6.20 Å². The maximum Gasteiger partial charge on any atom is 0.288 e. The number of halogens is 3. The van der Waals surface area contributed by atoms with Crippen molar-refractivity contribution in [3.05, 3.63) is 61.6 Å². The van der Waals surface area contributed by atoms with E-state index in [1.165, 1.54) is 16.9 Å². The van der Waals surface area contributed by atoms with Gasteiger partial charge in [0.15, 0.2) is 5.82 Å². The molecule has 0 bridgehead atoms. The first-order chi connectivity index (χ1) is 11.4. The van der Waals surface area contributed by atoms with Crippen LogP contribution in [0.25, 0.3) is 5.82 Å². The zero-order chi connectivity index (χ0) is 17.3. The Bertz CT molecular complexity index is 933. The molecule has 0 unspecified atom stereocenters. The monoisotopic (exact) mass is 428 g/mol. The highest BCUT2D eigenvalue weighted by molar-refractivity contribution is 9.10. The number of nitrogens with zero attached hydrogens (tertiary/aromatic N) is 5. The molecule has 3 heterocycles. The second kappa shape index (κ2) is 6.71. The minimum absolute atomic E-state index is 0.111. The van der Waals surface area contributed by atoms with E-state index in [0.29, 0.717) is 31.8 Å². The highest BCUT2D eigenvalue weighted by Crippen LogP contribution is 2.28. The van der Waals surface area contributed by atoms with Crippen LogP contribution in [0.1, 0.15) is 0 Å². The van der Waals surface area contributed by atoms with Gasteiger partial charge in [-0.15, -0.1) is 0 Å². The van der Waals surface area contributed by atoms with Crippen LogP contribution in [-0.2, 0) is 0 Å². The third-order valence-electron chi connectivity index (χ3n) is 2.89. The number of hydrogen-bond donors (Lipinski definition) is 1. The van der Waals surface area contributed by atoms with E-state index in [4.69, 9.17) is 23.2 Å². The SMILES string of the molecule is O=[N+]([O-])c1cnc(Nc2cnn(-c3ncc(Cl)cc3Cl)c2)c(Br)c1. The summed E-state index contributed by atoms with van der Waals surface area (Å²) >= 11 is 15.2. The topological polar surface area (TPSA) is 98.8 Å². The maximum atomic E-state index is 10.7. The van der Waals surface area contributed by atoms with E-state index >= 15 is 0 Å². The Balaban J connectivity index is 1.85. The van der Waals surface area contributed by atoms with E-state index in [9.17, 15) is 10.1 Å². The van der Waals surface area contributed by atoms with Gasteiger partial charge in [-0.1, -0.05) is 23.2 Å². The van der Waals surface area contributed by atoms with E-state index < -0.39 is 4.92 Å². The fourth-order valence-electron chi connectivity index (χ4n) is 1.84. The molecule has 0 saturated carbocycles. The number of anilines is 2. The predicted octanol–water partition coefficient (Wildman–Crippen LogP) is 4.38. The minimum atomic E-state index is -0.520. The van der Waals surface area contributed by atoms with Crippen molar-refractivity contribution in [1.82, 2.24) is 19.7 Å². The third-order valence-corrected chi connectivity index (χ3v) is 3.98. The fourth-order valence-corrected chi connectivity index (χ4v) is 2.74. The summed E-state index contributed by atoms with van der Waals surface area (Å²) in [4.78, 5) is 18.3. The van der Waals surface area contributed by atoms with Crippen molar-refractivity contribution in [3.8, 4) is 5.82 Å². The van der Waals surface area contributed by atoms with Crippen LogP contribution in [0.3, 0.4) is 0 Å². The van der Waals surface area contributed by atoms with Crippen LogP contribution in [0.4, 0.5) is 17.2 Å². The predicted molar refractivity (Wildman–Crippen MR) is 93.3 cm³/mol. The van der Waals surface area contributed by atoms with Crippen LogP contribution in [0, 0.1) is 10.1 Å². The van der Waals surface area contributed by atoms with E-state index in [2.05, 4.69) is 36.3 Å². The van der Waals surface area contributed by atoms with E-state index in [1.807, 2.05) is 0 Å². The summed E-state index contributed by atoms with van der Waals surface area (Å²) in [5.74, 6) is 0.833. The van der Waals surface area contributed by atoms with Crippen LogP contribution in [0.5, 0.6) is 0 Å². The Morgan fingerprint density at radius 3 is 2.67 bits per heavy atom. The standard InChI is InChI=1S/C13H7BrCl2N6O2/c14-10-2-9(22(23)24)5-17-12(10)20-8-4-19-21(6-8)13-11(16)1-7(15)3-18-13/h1-6H,(H,17,20). The Morgan fingerprint density at radius 1 is 1.21 bits per heavy atom. The van der Waals surface area contributed by atoms with Crippen molar-refractivity contribution in [3.63, 3.8) is 0 Å². The molecule has 11 heteroatoms. The normalized spacial score (nSPS) is 10.6. The molecule has 0 amide bonds. The molecule has 3 aromatic heterocycles. The molecule has 24 heavy (non-hydrogen) atoms. The summed E-state index contributed by atoms with van der Waals surface area (Å²) in [6, 6.07) is 2.92. The van der Waals surface area contributed by atoms with Gasteiger partial charge in [0.1, 0.15) is 12.0 Å². The van der Waals surface area contributed by atoms with Crippen LogP contribution in [0.2, 0.25) is 10.0 Å². The molecule has 3 rings (SSSR count). The second-order valence-electron chi connectivity index (χ2n) is 4.54. The van der Waals surface area contributed by atoms with Crippen molar-refractivity contribution in [2.24, 2.45) is 0 Å². The smallest absolute Gasteiger partial charge is 0.288 e. The van der Waals surface area contributed by atoms with Gasteiger partial charge in [0.2, 0.25) is 0 Å². The Hall–Kier alpha value is -2.23. The van der Waals surface area contributed by atoms with Crippen LogP contribution >= 0.6 is 39.1 Å². The molecule has 0 aliphatic heterocycles. The van der Waals surface area contributed by atoms with Crippen LogP contribution < -0.4 is 5.32 Å². The Morgan fingerprint density at radius 2 is 2.00 bits per heavy atom. The van der Waals surface area contributed by atoms with Gasteiger partial charge in [-0.25, -0.2) is 14.6 Å². The van der Waals surface area contributed by atoms with E-state index in [1.54, 1.807) is 18.5 Å². The van der Waals surface area contributed by atoms with E-state index in [-0.39, 0.29) is 5.69 Å². The lowest BCUT2D eigenvalue weighted by Gasteiger charge is -2.05. The van der Waals surface area contributed by atoms with Gasteiger partial charge in [0.25, 0.3) is 5.69 Å². The molecular weight excluding hydrogens is 423 g/mol. The first-order valence-corrected chi connectivity index (χ1v) is 7.92. The molecule has 8 nitrogen and oxygen atoms in total. The van der Waals surface area contributed by atoms with Crippen LogP contribution in [0.15, 0.2) is 41.4 Å². The van der Waals surface area contributed by atoms with Gasteiger partial charge in [-0.05, 0) is 22.0 Å². The van der Waals surface area contributed by atoms with Crippen molar-refractivity contribution < 1.29 is 4.92 Å². The quantitative estimate of drug-likeness (QED) is 0.487. The summed E-state index contributed by atoms with van der Waals surface area (Å²) in [7, 11) is 0. The highest BCUT2D eigenvalue weighted by Gasteiger charge is 2.12. The van der Waals surface area contributed by atoms with Crippen molar-refractivity contribution in [2.75, 3.05) is 5.32 Å². The molecule has 0 spiro atoms. The van der Waals surface area contributed by atoms with Gasteiger partial charge in [-0.3, -0.25) is 10.1 Å². The summed E-state index contributed by atoms with van der Waals surface area (Å²) in [6.07, 6.45) is 5.82. The third kappa shape index (κ3) is 3.48. The average molecular weight is 430 g/mol. The number of hydrogen-bond acceptors (Lipinski definition) is 6. The largest absolute Gasteiger partial charge is 0.337 e. The molecule has 0 aromatic carbocycles. The lowest BCUT2D eigenvalue weighted by Crippen LogP contribution is -1.99.